The van der Waals surface area contributed by atoms with E-state index in [4.69, 9.17) is 56.2 Å². The summed E-state index contributed by atoms with van der Waals surface area (Å²) < 4.78 is 0. The van der Waals surface area contributed by atoms with E-state index in [2.05, 4.69) is 0 Å². The van der Waals surface area contributed by atoms with Crippen LogP contribution < -0.4 is 0 Å². The average Bonchev–Trinajstić information content (AvgIpc) is 1.14. The summed E-state index contributed by atoms with van der Waals surface area (Å²) in [5.41, 5.74) is 0. The molecule has 756 valence electrons. The predicted molar refractivity (Wildman–Crippen MR) is 519 cm³/mol. The maximum Gasteiger partial charge on any atom is 0.303 e. The molecule has 0 aromatic rings. The molecule has 0 aliphatic heterocycles. The number of aliphatic carboxylic acids is 11. The molecule has 0 spiro atoms. The lowest BCUT2D eigenvalue weighted by atomic mass is 10.0. The zero-order valence-electron chi connectivity index (χ0n) is 81.9. The normalized spacial score (nSPS) is 10.7. The molecule has 0 heterocycles. The second-order valence-electron chi connectivity index (χ2n) is 36.3. The summed E-state index contributed by atoms with van der Waals surface area (Å²) in [5.74, 6) is -7.18. The summed E-state index contributed by atoms with van der Waals surface area (Å²) in [7, 11) is 0. The van der Waals surface area contributed by atoms with Gasteiger partial charge in [0, 0.05) is 77.0 Å². The minimum absolute atomic E-state index is 0.295. The van der Waals surface area contributed by atoms with Gasteiger partial charge in [-0.05, 0) is 84.0 Å². The van der Waals surface area contributed by atoms with Crippen molar-refractivity contribution in [3.05, 3.63) is 0 Å². The van der Waals surface area contributed by atoms with E-state index < -0.39 is 65.7 Å². The Kier molecular flexibility index (Phi) is 121. The summed E-state index contributed by atoms with van der Waals surface area (Å²) in [4.78, 5) is 124. The van der Waals surface area contributed by atoms with Crippen LogP contribution in [0.15, 0.2) is 0 Å². The van der Waals surface area contributed by atoms with E-state index in [0.717, 1.165) is 193 Å². The lowest BCUT2D eigenvalue weighted by molar-refractivity contribution is -0.138. The van der Waals surface area contributed by atoms with Crippen molar-refractivity contribution in [2.24, 2.45) is 0 Å². The number of carbonyl (C=O) groups is 12. The SMILES string of the molecule is CC(=O)CCCCCCCCCCCCCCCCCCC(=O)O.O=C(O)CCCCCCCCCCCCC(=O)O.O=C(O)CCCCCCCCCCCCCCC(=O)O.O=C(O)CCCCCCCCCCCCCCCC(=O)O.O=C(O)CCCCCCCCCCCCCCCCC(=O)O.O=C(O)CCCCCCCCCCCCCCCCCC(=O)O. The molecular weight excluding hydrogens is 1630 g/mol. The van der Waals surface area contributed by atoms with Gasteiger partial charge < -0.3 is 61.0 Å². The van der Waals surface area contributed by atoms with Crippen LogP contribution in [0.25, 0.3) is 0 Å². The van der Waals surface area contributed by atoms with Crippen molar-refractivity contribution in [2.75, 3.05) is 0 Å². The number of carboxylic acids is 11. The van der Waals surface area contributed by atoms with E-state index in [1.807, 2.05) is 0 Å². The highest BCUT2D eigenvalue weighted by molar-refractivity contribution is 5.75. The highest BCUT2D eigenvalue weighted by atomic mass is 16.4. The van der Waals surface area contributed by atoms with E-state index in [9.17, 15) is 57.5 Å². The lowest BCUT2D eigenvalue weighted by Crippen LogP contribution is -1.93. The van der Waals surface area contributed by atoms with Crippen LogP contribution in [0.3, 0.4) is 0 Å². The van der Waals surface area contributed by atoms with Gasteiger partial charge in [-0.25, -0.2) is 0 Å². The Balaban J connectivity index is -0.000000350. The van der Waals surface area contributed by atoms with Gasteiger partial charge >= 0.3 is 65.7 Å². The zero-order chi connectivity index (χ0) is 96.0. The molecule has 0 fully saturated rings. The largest absolute Gasteiger partial charge is 0.481 e. The third kappa shape index (κ3) is 157. The molecule has 0 aliphatic rings. The fraction of sp³-hybridized carbons (Fsp3) is 0.886. The molecule has 0 rings (SSSR count). The molecule has 23 nitrogen and oxygen atoms in total. The van der Waals surface area contributed by atoms with Crippen LogP contribution in [0, 0.1) is 0 Å². The molecule has 0 aliphatic carbocycles. The topological polar surface area (TPSA) is 427 Å². The van der Waals surface area contributed by atoms with E-state index in [-0.39, 0.29) is 0 Å². The monoisotopic (exact) mass is 1830 g/mol. The highest BCUT2D eigenvalue weighted by Gasteiger charge is 2.08. The zero-order valence-corrected chi connectivity index (χ0v) is 81.9. The van der Waals surface area contributed by atoms with Crippen LogP contribution in [-0.2, 0) is 57.5 Å². The van der Waals surface area contributed by atoms with Crippen molar-refractivity contribution < 1.29 is 114 Å². The van der Waals surface area contributed by atoms with Crippen molar-refractivity contribution in [1.82, 2.24) is 0 Å². The average molecular weight is 1830 g/mol. The number of Topliss-reactive ketones (excluding diaryl/α,β-unsaturated/α-hetero) is 1. The first-order valence-corrected chi connectivity index (χ1v) is 52.7. The van der Waals surface area contributed by atoms with Gasteiger partial charge in [0.1, 0.15) is 5.78 Å². The molecule has 11 N–H and O–H groups in total. The van der Waals surface area contributed by atoms with Gasteiger partial charge in [-0.15, -0.1) is 0 Å². The number of carboxylic acid groups (broad SMARTS) is 11. The van der Waals surface area contributed by atoms with Gasteiger partial charge in [-0.1, -0.05) is 437 Å². The maximum absolute atomic E-state index is 10.8. The number of unbranched alkanes of at least 4 members (excludes halogenated alkanes) is 74. The molecule has 0 aromatic heterocycles. The van der Waals surface area contributed by atoms with Gasteiger partial charge in [-0.2, -0.15) is 0 Å². The highest BCUT2D eigenvalue weighted by Crippen LogP contribution is 2.22. The first kappa shape index (κ1) is 133. The minimum Gasteiger partial charge on any atom is -0.481 e. The first-order valence-electron chi connectivity index (χ1n) is 52.7. The summed E-state index contributed by atoms with van der Waals surface area (Å²) in [6.45, 7) is 1.68. The Morgan fingerprint density at radius 3 is 0.188 bits per heavy atom. The van der Waals surface area contributed by atoms with Crippen LogP contribution >= 0.6 is 0 Å². The van der Waals surface area contributed by atoms with Gasteiger partial charge in [-0.3, -0.25) is 52.7 Å². The Labute approximate surface area is 778 Å². The fourth-order valence-electron chi connectivity index (χ4n) is 15.4. The lowest BCUT2D eigenvalue weighted by Gasteiger charge is -2.03. The van der Waals surface area contributed by atoms with E-state index in [0.29, 0.717) is 76.4 Å². The van der Waals surface area contributed by atoms with Gasteiger partial charge in [0.15, 0.2) is 0 Å². The van der Waals surface area contributed by atoms with Crippen molar-refractivity contribution in [1.29, 1.82) is 0 Å². The Morgan fingerprint density at radius 1 is 0.0938 bits per heavy atom. The van der Waals surface area contributed by atoms with Crippen LogP contribution in [-0.4, -0.2) is 128 Å². The summed E-state index contributed by atoms with van der Waals surface area (Å²) >= 11 is 0. The molecule has 0 aromatic carbocycles. The standard InChI is InChI=1S/C21H40O3.C19H36O4.C18H34O4.C17H32O4.C16H30O4.C14H26O4/c1-20(22)18-16-14-12-10-8-6-4-2-3-5-7-9-11-13-15-17-19-21(23)24;20-18(21)16-14-12-10-8-6-4-2-1-3-5-7-9-11-13-15-17-19(22)23;19-17(20)15-13-11-9-7-5-3-1-2-4-6-8-10-12-14-16-18(21)22;18-16(19)14-12-10-8-6-4-2-1-3-5-7-9-11-13-15-17(20)21;17-15(18)13-11-9-7-5-3-1-2-4-6-8-10-12-14-16(19)20;15-13(16)11-9-7-5-3-1-2-4-6-8-10-12-14(17)18/h2-19H2,1H3,(H,23,24);1-17H2,(H,20,21)(H,22,23);1-16H2,(H,19,20)(H,21,22);1-15H2,(H,18,19)(H,20,21);1-14H2,(H,17,18)(H,19,20);1-12H2,(H,15,16)(H,17,18). The minimum atomic E-state index is -0.698. The summed E-state index contributed by atoms with van der Waals surface area (Å²) in [5, 5.41) is 93.5. The van der Waals surface area contributed by atoms with Crippen LogP contribution in [0.5, 0.6) is 0 Å². The number of carbonyl (C=O) groups excluding carboxylic acids is 1. The number of hydrogen-bond donors (Lipinski definition) is 11. The van der Waals surface area contributed by atoms with E-state index in [1.165, 1.54) is 327 Å². The number of ketones is 1. The second kappa shape index (κ2) is 117. The molecular formula is C105H198O23. The molecule has 128 heavy (non-hydrogen) atoms. The third-order valence-electron chi connectivity index (χ3n) is 23.3. The van der Waals surface area contributed by atoms with Crippen LogP contribution in [0.2, 0.25) is 0 Å². The van der Waals surface area contributed by atoms with Crippen LogP contribution in [0.4, 0.5) is 0 Å². The second-order valence-corrected chi connectivity index (χ2v) is 36.3. The predicted octanol–water partition coefficient (Wildman–Crippen LogP) is 31.3. The van der Waals surface area contributed by atoms with Crippen molar-refractivity contribution in [3.63, 3.8) is 0 Å². The van der Waals surface area contributed by atoms with Gasteiger partial charge in [0.05, 0.1) is 0 Å². The number of rotatable bonds is 98. The third-order valence-corrected chi connectivity index (χ3v) is 23.3. The summed E-state index contributed by atoms with van der Waals surface area (Å²) in [6.07, 6.45) is 97.6. The molecule has 0 saturated heterocycles. The molecule has 0 atom stereocenters. The van der Waals surface area contributed by atoms with E-state index >= 15 is 0 Å². The smallest absolute Gasteiger partial charge is 0.303 e. The molecule has 0 bridgehead atoms. The van der Waals surface area contributed by atoms with Crippen molar-refractivity contribution in [3.8, 4) is 0 Å². The first-order chi connectivity index (χ1) is 61.8. The fourth-order valence-corrected chi connectivity index (χ4v) is 15.4. The Hall–Kier alpha value is -6.16. The van der Waals surface area contributed by atoms with Crippen molar-refractivity contribution in [2.45, 2.75) is 598 Å². The molecule has 0 saturated carbocycles. The quantitative estimate of drug-likeness (QED) is 0.0252. The maximum atomic E-state index is 10.8. The molecule has 0 amide bonds. The molecule has 0 radical (unpaired) electrons. The number of hydrogen-bond acceptors (Lipinski definition) is 12. The molecule has 23 heteroatoms. The van der Waals surface area contributed by atoms with Gasteiger partial charge in [0.25, 0.3) is 0 Å². The van der Waals surface area contributed by atoms with Crippen LogP contribution in [0.1, 0.15) is 598 Å². The Morgan fingerprint density at radius 2 is 0.141 bits per heavy atom. The van der Waals surface area contributed by atoms with Gasteiger partial charge in [0.2, 0.25) is 0 Å². The molecule has 0 unspecified atom stereocenters. The van der Waals surface area contributed by atoms with Crippen molar-refractivity contribution >= 4 is 71.4 Å². The Bertz CT molecular complexity index is 2290. The van der Waals surface area contributed by atoms with E-state index in [1.54, 1.807) is 6.92 Å². The summed E-state index contributed by atoms with van der Waals surface area (Å²) in [6, 6.07) is 0.